The molecule has 4 atom stereocenters. The molecule has 4 unspecified atom stereocenters. The monoisotopic (exact) mass is 552 g/mol. The van der Waals surface area contributed by atoms with Crippen LogP contribution in [0.2, 0.25) is 0 Å². The van der Waals surface area contributed by atoms with Crippen molar-refractivity contribution in [2.75, 3.05) is 0 Å². The van der Waals surface area contributed by atoms with Crippen LogP contribution in [0.1, 0.15) is 69.2 Å². The number of ketones is 3. The minimum absolute atomic E-state index is 0.219. The summed E-state index contributed by atoms with van der Waals surface area (Å²) in [6.45, 7) is 5.01. The summed E-state index contributed by atoms with van der Waals surface area (Å²) >= 11 is 0. The van der Waals surface area contributed by atoms with Gasteiger partial charge in [-0.05, 0) is 55.9 Å². The van der Waals surface area contributed by atoms with Crippen molar-refractivity contribution in [2.24, 2.45) is 11.8 Å². The number of aromatic hydroxyl groups is 4. The molecule has 2 aromatic carbocycles. The number of fused-ring (bicyclic) bond motifs is 2. The molecule has 2 aliphatic rings. The Hall–Kier alpha value is -4.28. The summed E-state index contributed by atoms with van der Waals surface area (Å²) in [4.78, 5) is 47.7. The van der Waals surface area contributed by atoms with Crippen molar-refractivity contribution in [1.82, 2.24) is 0 Å². The van der Waals surface area contributed by atoms with E-state index in [-0.39, 0.29) is 45.7 Å². The van der Waals surface area contributed by atoms with Gasteiger partial charge in [0.05, 0.1) is 34.3 Å². The van der Waals surface area contributed by atoms with Gasteiger partial charge in [0.25, 0.3) is 0 Å². The molecule has 0 aromatic heterocycles. The van der Waals surface area contributed by atoms with E-state index in [9.17, 15) is 49.8 Å². The first-order chi connectivity index (χ1) is 18.9. The number of Topliss-reactive ketones (excluding diaryl/α,β-unsaturated/α-hetero) is 1. The molecule has 40 heavy (non-hydrogen) atoms. The molecule has 2 aliphatic carbocycles. The second-order valence-electron chi connectivity index (χ2n) is 9.86. The largest absolute Gasteiger partial charge is 0.507 e. The van der Waals surface area contributed by atoms with Gasteiger partial charge in [0.1, 0.15) is 35.4 Å². The van der Waals surface area contributed by atoms with E-state index in [1.165, 1.54) is 13.8 Å². The van der Waals surface area contributed by atoms with Crippen LogP contribution in [0.4, 0.5) is 0 Å². The highest BCUT2D eigenvalue weighted by Crippen LogP contribution is 2.45. The standard InChI is InChI=1S/C16H12O6.C14H20O4/c1-5-3-7(17)9-11(13(5)19)15(21)10-8(18)4-6(2)14(20)12(10)16(9)22;1-2-3-4-5-6-7-10-8-12(16)14(18)13(17)11(10)9-15/h3-4,17-20H,1-2H3;4-7,9-12,14,16,18H,2-3,8H2,1H3. The number of carbonyl (C=O) groups excluding carboxylic acids is 4. The average Bonchev–Trinajstić information content (AvgIpc) is 2.90. The molecule has 0 spiro atoms. The molecule has 0 saturated heterocycles. The number of hydrogen-bond acceptors (Lipinski definition) is 10. The van der Waals surface area contributed by atoms with E-state index >= 15 is 0 Å². The van der Waals surface area contributed by atoms with Crippen LogP contribution in [-0.2, 0) is 9.59 Å². The summed E-state index contributed by atoms with van der Waals surface area (Å²) in [6.07, 6.45) is 7.72. The number of hydrogen-bond donors (Lipinski definition) is 6. The number of aryl methyl sites for hydroxylation is 2. The molecule has 1 fully saturated rings. The van der Waals surface area contributed by atoms with Crippen LogP contribution in [0.3, 0.4) is 0 Å². The Morgan fingerprint density at radius 1 is 0.825 bits per heavy atom. The Balaban J connectivity index is 0.000000226. The highest BCUT2D eigenvalue weighted by Gasteiger charge is 2.41. The van der Waals surface area contributed by atoms with E-state index < -0.39 is 58.5 Å². The van der Waals surface area contributed by atoms with Crippen molar-refractivity contribution in [2.45, 2.75) is 52.2 Å². The van der Waals surface area contributed by atoms with Gasteiger partial charge in [-0.2, -0.15) is 0 Å². The quantitative estimate of drug-likeness (QED) is 0.119. The minimum Gasteiger partial charge on any atom is -0.507 e. The lowest BCUT2D eigenvalue weighted by Crippen LogP contribution is -2.47. The lowest BCUT2D eigenvalue weighted by atomic mass is 9.76. The first-order valence-corrected chi connectivity index (χ1v) is 12.8. The van der Waals surface area contributed by atoms with Crippen LogP contribution in [0.5, 0.6) is 23.0 Å². The maximum atomic E-state index is 12.6. The normalized spacial score (nSPS) is 22.2. The first-order valence-electron chi connectivity index (χ1n) is 12.8. The third kappa shape index (κ3) is 5.54. The Labute approximate surface area is 230 Å². The van der Waals surface area contributed by atoms with Gasteiger partial charge in [0, 0.05) is 0 Å². The van der Waals surface area contributed by atoms with Crippen LogP contribution in [0, 0.1) is 25.7 Å². The topological polar surface area (TPSA) is 190 Å². The van der Waals surface area contributed by atoms with Crippen LogP contribution < -0.4 is 0 Å². The lowest BCUT2D eigenvalue weighted by molar-refractivity contribution is -0.146. The second-order valence-corrected chi connectivity index (χ2v) is 9.86. The molecule has 212 valence electrons. The number of phenolic OH excluding ortho intramolecular Hbond substituents is 4. The predicted octanol–water partition coefficient (Wildman–Crippen LogP) is 2.93. The van der Waals surface area contributed by atoms with Crippen LogP contribution in [-0.4, -0.2) is 66.5 Å². The molecular weight excluding hydrogens is 520 g/mol. The van der Waals surface area contributed by atoms with E-state index in [2.05, 4.69) is 6.92 Å². The second kappa shape index (κ2) is 12.3. The summed E-state index contributed by atoms with van der Waals surface area (Å²) in [7, 11) is 0. The van der Waals surface area contributed by atoms with E-state index in [4.69, 9.17) is 0 Å². The zero-order valence-corrected chi connectivity index (χ0v) is 22.3. The Morgan fingerprint density at radius 3 is 1.77 bits per heavy atom. The highest BCUT2D eigenvalue weighted by atomic mass is 16.3. The Morgan fingerprint density at radius 2 is 1.32 bits per heavy atom. The highest BCUT2D eigenvalue weighted by molar-refractivity contribution is 6.32. The Kier molecular flexibility index (Phi) is 9.28. The van der Waals surface area contributed by atoms with Crippen molar-refractivity contribution < 1.29 is 49.8 Å². The summed E-state index contributed by atoms with van der Waals surface area (Å²) in [5.41, 5.74) is -1.04. The predicted molar refractivity (Wildman–Crippen MR) is 144 cm³/mol. The number of aliphatic hydroxyl groups excluding tert-OH is 2. The number of phenols is 4. The number of aldehydes is 1. The number of benzene rings is 2. The van der Waals surface area contributed by atoms with Crippen LogP contribution in [0.25, 0.3) is 0 Å². The van der Waals surface area contributed by atoms with E-state index in [1.807, 2.05) is 12.2 Å². The first kappa shape index (κ1) is 30.3. The summed E-state index contributed by atoms with van der Waals surface area (Å²) in [5.74, 6) is -5.21. The summed E-state index contributed by atoms with van der Waals surface area (Å²) in [5, 5.41) is 59.0. The van der Waals surface area contributed by atoms with E-state index in [1.54, 1.807) is 12.2 Å². The molecule has 1 saturated carbocycles. The fourth-order valence-corrected chi connectivity index (χ4v) is 4.80. The van der Waals surface area contributed by atoms with Crippen molar-refractivity contribution in [1.29, 1.82) is 0 Å². The maximum absolute atomic E-state index is 12.6. The van der Waals surface area contributed by atoms with E-state index in [0.29, 0.717) is 6.29 Å². The smallest absolute Gasteiger partial charge is 0.202 e. The van der Waals surface area contributed by atoms with Gasteiger partial charge in [-0.1, -0.05) is 37.6 Å². The van der Waals surface area contributed by atoms with Gasteiger partial charge < -0.3 is 35.4 Å². The molecule has 0 bridgehead atoms. The molecule has 6 N–H and O–H groups in total. The van der Waals surface area contributed by atoms with Crippen molar-refractivity contribution in [3.8, 4) is 23.0 Å². The number of unbranched alkanes of at least 4 members (excludes halogenated alkanes) is 1. The fraction of sp³-hybridized carbons (Fsp3) is 0.333. The third-order valence-corrected chi connectivity index (χ3v) is 7.01. The number of aliphatic hydroxyl groups is 2. The molecule has 0 heterocycles. The van der Waals surface area contributed by atoms with Gasteiger partial charge >= 0.3 is 0 Å². The molecular formula is C30H32O10. The summed E-state index contributed by atoms with van der Waals surface area (Å²) < 4.78 is 0. The van der Waals surface area contributed by atoms with Crippen molar-refractivity contribution in [3.05, 3.63) is 69.8 Å². The minimum atomic E-state index is -1.43. The molecule has 0 radical (unpaired) electrons. The zero-order chi connectivity index (χ0) is 29.9. The van der Waals surface area contributed by atoms with Gasteiger partial charge in [0.15, 0.2) is 5.78 Å². The molecule has 0 amide bonds. The SMILES string of the molecule is CCCC=CC=CC1CC(O)C(O)C(=O)C1C=O.Cc1cc(O)c2c(c1O)C(=O)c1c(O)cc(C)c(O)c1C2=O. The van der Waals surface area contributed by atoms with Gasteiger partial charge in [-0.25, -0.2) is 0 Å². The molecule has 10 nitrogen and oxygen atoms in total. The van der Waals surface area contributed by atoms with E-state index in [0.717, 1.165) is 25.0 Å². The zero-order valence-electron chi connectivity index (χ0n) is 22.3. The number of carbonyl (C=O) groups is 4. The average molecular weight is 553 g/mol. The van der Waals surface area contributed by atoms with Gasteiger partial charge in [-0.15, -0.1) is 0 Å². The van der Waals surface area contributed by atoms with Crippen molar-refractivity contribution >= 4 is 23.6 Å². The fourth-order valence-electron chi connectivity index (χ4n) is 4.80. The summed E-state index contributed by atoms with van der Waals surface area (Å²) in [6, 6.07) is 2.33. The molecule has 4 rings (SSSR count). The Bertz CT molecular complexity index is 1350. The van der Waals surface area contributed by atoms with Crippen LogP contribution in [0.15, 0.2) is 36.4 Å². The van der Waals surface area contributed by atoms with Crippen LogP contribution >= 0.6 is 0 Å². The molecule has 2 aromatic rings. The number of rotatable bonds is 5. The molecule has 10 heteroatoms. The van der Waals surface area contributed by atoms with Gasteiger partial charge in [-0.3, -0.25) is 14.4 Å². The van der Waals surface area contributed by atoms with Gasteiger partial charge in [0.2, 0.25) is 11.6 Å². The lowest BCUT2D eigenvalue weighted by Gasteiger charge is -2.31. The molecule has 0 aliphatic heterocycles. The number of allylic oxidation sites excluding steroid dienone is 4. The van der Waals surface area contributed by atoms with Crippen molar-refractivity contribution in [3.63, 3.8) is 0 Å². The third-order valence-electron chi connectivity index (χ3n) is 7.01. The maximum Gasteiger partial charge on any atom is 0.202 e.